The summed E-state index contributed by atoms with van der Waals surface area (Å²) in [5, 5.41) is 31.5. The first-order chi connectivity index (χ1) is 38.6. The monoisotopic (exact) mass is 1100 g/mol. The zero-order chi connectivity index (χ0) is 57.5. The number of carbonyl (C=O) groups excluding carboxylic acids is 3. The van der Waals surface area contributed by atoms with E-state index in [9.17, 15) is 34.5 Å². The van der Waals surface area contributed by atoms with Gasteiger partial charge in [-0.2, -0.15) is 0 Å². The summed E-state index contributed by atoms with van der Waals surface area (Å²) in [5.74, 6) is -3.23. The quantitative estimate of drug-likeness (QED) is 0.0228. The second-order valence-electron chi connectivity index (χ2n) is 20.6. The Morgan fingerprint density at radius 2 is 0.810 bits per heavy atom. The predicted molar refractivity (Wildman–Crippen MR) is 321 cm³/mol. The van der Waals surface area contributed by atoms with Crippen LogP contribution in [0.3, 0.4) is 0 Å². The number of carboxylic acids is 1. The molecule has 0 bridgehead atoms. The van der Waals surface area contributed by atoms with Gasteiger partial charge in [0.05, 0.1) is 6.61 Å². The van der Waals surface area contributed by atoms with Crippen LogP contribution in [0.4, 0.5) is 0 Å². The number of aliphatic carboxylic acids is 1. The van der Waals surface area contributed by atoms with Gasteiger partial charge in [-0.25, -0.2) is 4.79 Å². The van der Waals surface area contributed by atoms with Crippen molar-refractivity contribution in [1.29, 1.82) is 0 Å². The standard InChI is InChI=1S/C67H108O12/c1-4-7-10-13-16-19-22-25-28-30-33-35-38-41-44-47-50-53-59(68)75-56-58(77-60(69)54-51-48-45-42-39-36-32-27-24-21-18-15-12-9-6-3)57-76-67-65(63(72)62(71)64(79-67)66(73)74)78-61(70)55-52-49-46-43-40-37-34-31-29-26-23-20-17-14-11-8-5-2/h7-8,10-11,16-17,19-20,25-26,28-29,33-35,37,43,46,58,62-65,67,71-72H,4-6,9,12-15,18,21-24,27,30-32,36,38-42,44-45,47-57H2,1-3H3,(H,73,74)/b10-7-,11-8-,19-16-,20-17-,28-25-,29-26-,35-33-,37-34-,46-43-. The summed E-state index contributed by atoms with van der Waals surface area (Å²) in [5.41, 5.74) is 0. The van der Waals surface area contributed by atoms with E-state index in [0.717, 1.165) is 103 Å². The van der Waals surface area contributed by atoms with Crippen LogP contribution in [0.5, 0.6) is 0 Å². The van der Waals surface area contributed by atoms with Gasteiger partial charge in [-0.15, -0.1) is 0 Å². The molecule has 79 heavy (non-hydrogen) atoms. The first kappa shape index (κ1) is 72.4. The normalized spacial score (nSPS) is 18.6. The zero-order valence-electron chi connectivity index (χ0n) is 49.3. The Hall–Kier alpha value is -4.62. The molecule has 1 saturated heterocycles. The summed E-state index contributed by atoms with van der Waals surface area (Å²) in [4.78, 5) is 51.2. The predicted octanol–water partition coefficient (Wildman–Crippen LogP) is 16.2. The maximum Gasteiger partial charge on any atom is 0.335 e. The van der Waals surface area contributed by atoms with Gasteiger partial charge in [0.25, 0.3) is 0 Å². The van der Waals surface area contributed by atoms with Crippen LogP contribution in [-0.4, -0.2) is 89.2 Å². The average molecular weight is 1110 g/mol. The molecule has 0 amide bonds. The second kappa shape index (κ2) is 54.0. The van der Waals surface area contributed by atoms with Crippen LogP contribution >= 0.6 is 0 Å². The minimum absolute atomic E-state index is 0.0243. The minimum atomic E-state index is -1.93. The van der Waals surface area contributed by atoms with Crippen LogP contribution in [0, 0.1) is 0 Å². The molecule has 3 N–H and O–H groups in total. The summed E-state index contributed by atoms with van der Waals surface area (Å²) >= 11 is 0. The Balaban J connectivity index is 2.73. The van der Waals surface area contributed by atoms with Crippen LogP contribution in [0.2, 0.25) is 0 Å². The molecule has 0 aromatic carbocycles. The van der Waals surface area contributed by atoms with Gasteiger partial charge in [0.15, 0.2) is 24.6 Å². The van der Waals surface area contributed by atoms with Gasteiger partial charge in [-0.1, -0.05) is 233 Å². The molecule has 1 fully saturated rings. The molecule has 1 aliphatic heterocycles. The van der Waals surface area contributed by atoms with E-state index in [1.54, 1.807) is 0 Å². The fourth-order valence-electron chi connectivity index (χ4n) is 8.69. The van der Waals surface area contributed by atoms with Crippen molar-refractivity contribution >= 4 is 23.9 Å². The molecule has 1 heterocycles. The maximum absolute atomic E-state index is 13.2. The molecule has 12 heteroatoms. The molecular formula is C67H108O12. The summed E-state index contributed by atoms with van der Waals surface area (Å²) < 4.78 is 28.4. The number of carbonyl (C=O) groups is 4. The molecule has 0 aromatic rings. The molecule has 6 unspecified atom stereocenters. The van der Waals surface area contributed by atoms with E-state index >= 15 is 0 Å². The lowest BCUT2D eigenvalue weighted by Crippen LogP contribution is -2.61. The van der Waals surface area contributed by atoms with Crippen LogP contribution in [0.15, 0.2) is 109 Å². The number of allylic oxidation sites excluding steroid dienone is 18. The number of esters is 3. The van der Waals surface area contributed by atoms with E-state index in [1.165, 1.54) is 70.6 Å². The van der Waals surface area contributed by atoms with Gasteiger partial charge in [-0.05, 0) is 96.3 Å². The van der Waals surface area contributed by atoms with Crippen LogP contribution in [-0.2, 0) is 42.9 Å². The molecule has 0 saturated carbocycles. The first-order valence-corrected chi connectivity index (χ1v) is 30.9. The lowest BCUT2D eigenvalue weighted by molar-refractivity contribution is -0.301. The van der Waals surface area contributed by atoms with Gasteiger partial charge in [0.2, 0.25) is 0 Å². The molecule has 0 aliphatic carbocycles. The Bertz CT molecular complexity index is 1790. The van der Waals surface area contributed by atoms with Gasteiger partial charge in [0, 0.05) is 19.3 Å². The smallest absolute Gasteiger partial charge is 0.335 e. The molecule has 0 aromatic heterocycles. The Kier molecular flexibility index (Phi) is 49.5. The van der Waals surface area contributed by atoms with Gasteiger partial charge >= 0.3 is 23.9 Å². The summed E-state index contributed by atoms with van der Waals surface area (Å²) in [6.45, 7) is 5.73. The summed E-state index contributed by atoms with van der Waals surface area (Å²) in [6, 6.07) is 0. The van der Waals surface area contributed by atoms with Crippen LogP contribution < -0.4 is 0 Å². The molecule has 448 valence electrons. The molecule has 6 atom stereocenters. The number of unbranched alkanes of at least 4 members (excludes halogenated alkanes) is 19. The third-order valence-electron chi connectivity index (χ3n) is 13.3. The largest absolute Gasteiger partial charge is 0.479 e. The first-order valence-electron chi connectivity index (χ1n) is 30.9. The van der Waals surface area contributed by atoms with Crippen LogP contribution in [0.25, 0.3) is 0 Å². The van der Waals surface area contributed by atoms with E-state index in [0.29, 0.717) is 25.7 Å². The van der Waals surface area contributed by atoms with Gasteiger partial charge < -0.3 is 39.0 Å². The molecule has 0 radical (unpaired) electrons. The lowest BCUT2D eigenvalue weighted by atomic mass is 9.98. The van der Waals surface area contributed by atoms with Crippen molar-refractivity contribution in [2.45, 2.75) is 276 Å². The van der Waals surface area contributed by atoms with Crippen LogP contribution in [0.1, 0.15) is 239 Å². The van der Waals surface area contributed by atoms with E-state index in [1.807, 2.05) is 12.2 Å². The SMILES string of the molecule is CC/C=C\C/C=C\C/C=C\C/C=C\C/C=C\CCCC(=O)OC1C(OCC(COC(=O)CCCCCC/C=C\C/C=C\C/C=C\C/C=C\CC)OC(=O)CCCCCCCCCCCCCCCCC)OC(C(=O)O)C(O)C1O. The number of rotatable bonds is 51. The van der Waals surface area contributed by atoms with Crippen molar-refractivity contribution in [2.24, 2.45) is 0 Å². The number of hydrogen-bond donors (Lipinski definition) is 3. The number of carboxylic acid groups (broad SMARTS) is 1. The van der Waals surface area contributed by atoms with Gasteiger partial charge in [0.1, 0.15) is 18.8 Å². The Labute approximate surface area is 478 Å². The molecular weight excluding hydrogens is 997 g/mol. The third-order valence-corrected chi connectivity index (χ3v) is 13.3. The number of ether oxygens (including phenoxy) is 5. The highest BCUT2D eigenvalue weighted by atomic mass is 16.7. The van der Waals surface area contributed by atoms with E-state index in [4.69, 9.17) is 23.7 Å². The van der Waals surface area contributed by atoms with Gasteiger partial charge in [-0.3, -0.25) is 14.4 Å². The highest BCUT2D eigenvalue weighted by Crippen LogP contribution is 2.26. The number of aliphatic hydroxyl groups excluding tert-OH is 2. The van der Waals surface area contributed by atoms with E-state index in [2.05, 4.69) is 118 Å². The molecule has 12 nitrogen and oxygen atoms in total. The Morgan fingerprint density at radius 1 is 0.430 bits per heavy atom. The minimum Gasteiger partial charge on any atom is -0.479 e. The highest BCUT2D eigenvalue weighted by Gasteiger charge is 2.50. The average Bonchev–Trinajstić information content (AvgIpc) is 3.43. The van der Waals surface area contributed by atoms with E-state index in [-0.39, 0.29) is 25.9 Å². The third kappa shape index (κ3) is 43.8. The number of aliphatic hydroxyl groups is 2. The Morgan fingerprint density at radius 3 is 1.25 bits per heavy atom. The van der Waals surface area contributed by atoms with E-state index < -0.39 is 67.3 Å². The molecule has 0 spiro atoms. The van der Waals surface area contributed by atoms with Crippen molar-refractivity contribution in [1.82, 2.24) is 0 Å². The maximum atomic E-state index is 13.2. The van der Waals surface area contributed by atoms with Crippen molar-refractivity contribution in [3.8, 4) is 0 Å². The highest BCUT2D eigenvalue weighted by molar-refractivity contribution is 5.74. The van der Waals surface area contributed by atoms with Crippen molar-refractivity contribution in [2.75, 3.05) is 13.2 Å². The zero-order valence-corrected chi connectivity index (χ0v) is 49.3. The van der Waals surface area contributed by atoms with Crippen molar-refractivity contribution in [3.63, 3.8) is 0 Å². The molecule has 1 aliphatic rings. The topological polar surface area (TPSA) is 175 Å². The number of hydrogen-bond acceptors (Lipinski definition) is 11. The summed E-state index contributed by atoms with van der Waals surface area (Å²) in [6.07, 6.45) is 60.5. The lowest BCUT2D eigenvalue weighted by Gasteiger charge is -2.40. The summed E-state index contributed by atoms with van der Waals surface area (Å²) in [7, 11) is 0. The fourth-order valence-corrected chi connectivity index (χ4v) is 8.69. The second-order valence-corrected chi connectivity index (χ2v) is 20.6. The van der Waals surface area contributed by atoms with Crippen molar-refractivity contribution < 1.29 is 58.2 Å². The fraction of sp³-hybridized carbons (Fsp3) is 0.672. The molecule has 1 rings (SSSR count). The van der Waals surface area contributed by atoms with Crippen molar-refractivity contribution in [3.05, 3.63) is 109 Å².